The lowest BCUT2D eigenvalue weighted by Crippen LogP contribution is -2.30. The normalized spacial score (nSPS) is 15.7. The lowest BCUT2D eigenvalue weighted by atomic mass is 10.1. The third-order valence-electron chi connectivity index (χ3n) is 2.59. The molecule has 0 spiro atoms. The Labute approximate surface area is 87.9 Å². The monoisotopic (exact) mass is 204 g/mol. The Morgan fingerprint density at radius 2 is 1.93 bits per heavy atom. The summed E-state index contributed by atoms with van der Waals surface area (Å²) >= 11 is 0. The molecule has 3 amide bonds. The van der Waals surface area contributed by atoms with Gasteiger partial charge < -0.3 is 5.32 Å². The minimum atomic E-state index is -0.344. The lowest BCUT2D eigenvalue weighted by Gasteiger charge is -2.13. The number of aryl methyl sites for hydroxylation is 2. The number of benzene rings is 1. The fraction of sp³-hybridized carbons (Fsp3) is 0.273. The minimum absolute atomic E-state index is 0.0890. The van der Waals surface area contributed by atoms with Crippen molar-refractivity contribution in [1.29, 1.82) is 0 Å². The molecule has 1 aliphatic rings. The Hall–Kier alpha value is -1.84. The van der Waals surface area contributed by atoms with Gasteiger partial charge in [0.05, 0.1) is 12.2 Å². The molecule has 0 atom stereocenters. The van der Waals surface area contributed by atoms with Gasteiger partial charge in [-0.3, -0.25) is 4.79 Å². The van der Waals surface area contributed by atoms with E-state index in [-0.39, 0.29) is 18.5 Å². The van der Waals surface area contributed by atoms with Gasteiger partial charge in [-0.25, -0.2) is 9.69 Å². The predicted molar refractivity (Wildman–Crippen MR) is 56.8 cm³/mol. The van der Waals surface area contributed by atoms with Crippen molar-refractivity contribution >= 4 is 17.6 Å². The van der Waals surface area contributed by atoms with Crippen molar-refractivity contribution in [2.75, 3.05) is 11.4 Å². The van der Waals surface area contributed by atoms with Crippen LogP contribution in [0, 0.1) is 13.8 Å². The van der Waals surface area contributed by atoms with Crippen molar-refractivity contribution < 1.29 is 9.59 Å². The second-order valence-electron chi connectivity index (χ2n) is 3.66. The van der Waals surface area contributed by atoms with Crippen molar-refractivity contribution in [3.05, 3.63) is 29.3 Å². The van der Waals surface area contributed by atoms with E-state index >= 15 is 0 Å². The first-order valence-electron chi connectivity index (χ1n) is 4.77. The van der Waals surface area contributed by atoms with E-state index in [4.69, 9.17) is 0 Å². The van der Waals surface area contributed by atoms with Gasteiger partial charge in [0.25, 0.3) is 5.91 Å². The number of anilines is 1. The fourth-order valence-electron chi connectivity index (χ4n) is 1.55. The summed E-state index contributed by atoms with van der Waals surface area (Å²) in [6, 6.07) is 5.19. The number of urea groups is 1. The van der Waals surface area contributed by atoms with Crippen LogP contribution in [0.1, 0.15) is 11.1 Å². The number of rotatable bonds is 1. The van der Waals surface area contributed by atoms with Crippen LogP contribution in [0.25, 0.3) is 0 Å². The smallest absolute Gasteiger partial charge is 0.328 e. The number of hydrogen-bond donors (Lipinski definition) is 1. The first kappa shape index (κ1) is 9.71. The summed E-state index contributed by atoms with van der Waals surface area (Å²) in [6.45, 7) is 4.04. The molecule has 4 heteroatoms. The molecule has 1 N–H and O–H groups in total. The predicted octanol–water partition coefficient (Wildman–Crippen LogP) is 1.36. The number of carbonyl (C=O) groups excluding carboxylic acids is 2. The van der Waals surface area contributed by atoms with E-state index in [9.17, 15) is 9.59 Å². The van der Waals surface area contributed by atoms with Gasteiger partial charge in [0, 0.05) is 0 Å². The van der Waals surface area contributed by atoms with E-state index in [0.29, 0.717) is 5.69 Å². The Morgan fingerprint density at radius 3 is 2.47 bits per heavy atom. The molecule has 0 unspecified atom stereocenters. The van der Waals surface area contributed by atoms with Crippen LogP contribution in [0.2, 0.25) is 0 Å². The number of amides is 3. The largest absolute Gasteiger partial charge is 0.329 e. The van der Waals surface area contributed by atoms with Crippen LogP contribution in [-0.2, 0) is 4.79 Å². The van der Waals surface area contributed by atoms with Crippen LogP contribution >= 0.6 is 0 Å². The van der Waals surface area contributed by atoms with Gasteiger partial charge in [0.15, 0.2) is 0 Å². The Balaban J connectivity index is 2.41. The highest BCUT2D eigenvalue weighted by atomic mass is 16.2. The highest BCUT2D eigenvalue weighted by Crippen LogP contribution is 2.20. The quantitative estimate of drug-likeness (QED) is 0.702. The molecule has 2 rings (SSSR count). The zero-order valence-corrected chi connectivity index (χ0v) is 8.70. The van der Waals surface area contributed by atoms with E-state index in [1.807, 2.05) is 26.0 Å². The van der Waals surface area contributed by atoms with E-state index in [1.54, 1.807) is 6.07 Å². The van der Waals surface area contributed by atoms with Crippen LogP contribution in [-0.4, -0.2) is 18.5 Å². The number of nitrogens with zero attached hydrogens (tertiary/aromatic N) is 1. The molecule has 1 fully saturated rings. The molecule has 1 saturated heterocycles. The zero-order chi connectivity index (χ0) is 11.0. The molecule has 0 bridgehead atoms. The maximum Gasteiger partial charge on any atom is 0.329 e. The molecule has 78 valence electrons. The Kier molecular flexibility index (Phi) is 2.19. The number of imide groups is 1. The molecule has 15 heavy (non-hydrogen) atoms. The molecule has 0 aromatic heterocycles. The molecule has 1 aromatic carbocycles. The maximum absolute atomic E-state index is 11.4. The molecule has 0 aliphatic carbocycles. The average Bonchev–Trinajstić information content (AvgIpc) is 2.52. The van der Waals surface area contributed by atoms with Crippen molar-refractivity contribution in [2.45, 2.75) is 13.8 Å². The summed E-state index contributed by atoms with van der Waals surface area (Å²) in [5.41, 5.74) is 2.85. The molecule has 0 saturated carbocycles. The van der Waals surface area contributed by atoms with Gasteiger partial charge in [-0.05, 0) is 37.1 Å². The zero-order valence-electron chi connectivity index (χ0n) is 8.70. The second-order valence-corrected chi connectivity index (χ2v) is 3.66. The first-order chi connectivity index (χ1) is 7.09. The van der Waals surface area contributed by atoms with Crippen LogP contribution < -0.4 is 10.2 Å². The first-order valence-corrected chi connectivity index (χ1v) is 4.77. The van der Waals surface area contributed by atoms with E-state index in [1.165, 1.54) is 4.90 Å². The van der Waals surface area contributed by atoms with E-state index in [2.05, 4.69) is 5.32 Å². The van der Waals surface area contributed by atoms with Crippen LogP contribution in [0.5, 0.6) is 0 Å². The summed E-state index contributed by atoms with van der Waals surface area (Å²) in [7, 11) is 0. The Morgan fingerprint density at radius 1 is 1.20 bits per heavy atom. The van der Waals surface area contributed by atoms with Crippen LogP contribution in [0.15, 0.2) is 18.2 Å². The molecule has 1 aromatic rings. The SMILES string of the molecule is Cc1ccc(N2C(=O)CNC2=O)cc1C. The highest BCUT2D eigenvalue weighted by Gasteiger charge is 2.29. The third kappa shape index (κ3) is 1.58. The summed E-state index contributed by atoms with van der Waals surface area (Å²) in [5, 5.41) is 2.49. The fourth-order valence-corrected chi connectivity index (χ4v) is 1.55. The van der Waals surface area contributed by atoms with Crippen molar-refractivity contribution in [1.82, 2.24) is 5.32 Å². The summed E-state index contributed by atoms with van der Waals surface area (Å²) in [5.74, 6) is -0.205. The molecule has 1 heterocycles. The van der Waals surface area contributed by atoms with Gasteiger partial charge in [-0.1, -0.05) is 6.07 Å². The topological polar surface area (TPSA) is 49.4 Å². The standard InChI is InChI=1S/C11H12N2O2/c1-7-3-4-9(5-8(7)2)13-10(14)6-12-11(13)15/h3-5H,6H2,1-2H3,(H,12,15). The molecular weight excluding hydrogens is 192 g/mol. The number of nitrogens with one attached hydrogen (secondary N) is 1. The van der Waals surface area contributed by atoms with Crippen molar-refractivity contribution in [3.63, 3.8) is 0 Å². The van der Waals surface area contributed by atoms with Gasteiger partial charge in [-0.15, -0.1) is 0 Å². The second kappa shape index (κ2) is 3.38. The van der Waals surface area contributed by atoms with Gasteiger partial charge >= 0.3 is 6.03 Å². The van der Waals surface area contributed by atoms with Gasteiger partial charge in [-0.2, -0.15) is 0 Å². The van der Waals surface area contributed by atoms with Crippen LogP contribution in [0.3, 0.4) is 0 Å². The molecule has 4 nitrogen and oxygen atoms in total. The number of hydrogen-bond acceptors (Lipinski definition) is 2. The van der Waals surface area contributed by atoms with E-state index < -0.39 is 0 Å². The summed E-state index contributed by atoms with van der Waals surface area (Å²) in [6.07, 6.45) is 0. The van der Waals surface area contributed by atoms with Crippen LogP contribution in [0.4, 0.5) is 10.5 Å². The van der Waals surface area contributed by atoms with Crippen molar-refractivity contribution in [2.24, 2.45) is 0 Å². The number of carbonyl (C=O) groups is 2. The minimum Gasteiger partial charge on any atom is -0.328 e. The third-order valence-corrected chi connectivity index (χ3v) is 2.59. The van der Waals surface area contributed by atoms with E-state index in [0.717, 1.165) is 11.1 Å². The maximum atomic E-state index is 11.4. The van der Waals surface area contributed by atoms with Gasteiger partial charge in [0.2, 0.25) is 0 Å². The molecular formula is C11H12N2O2. The summed E-state index contributed by atoms with van der Waals surface area (Å²) in [4.78, 5) is 24.0. The van der Waals surface area contributed by atoms with Gasteiger partial charge in [0.1, 0.15) is 0 Å². The Bertz CT molecular complexity index is 424. The molecule has 1 aliphatic heterocycles. The molecule has 0 radical (unpaired) electrons. The van der Waals surface area contributed by atoms with Crippen molar-refractivity contribution in [3.8, 4) is 0 Å². The summed E-state index contributed by atoms with van der Waals surface area (Å²) < 4.78 is 0. The lowest BCUT2D eigenvalue weighted by molar-refractivity contribution is -0.115. The average molecular weight is 204 g/mol. The highest BCUT2D eigenvalue weighted by molar-refractivity contribution is 6.19.